The first-order valence-corrected chi connectivity index (χ1v) is 14.0. The number of fused-ring (bicyclic) bond motifs is 2. The van der Waals surface area contributed by atoms with E-state index < -0.39 is 23.6 Å². The lowest BCUT2D eigenvalue weighted by Crippen LogP contribution is -2.31. The average molecular weight is 621 g/mol. The van der Waals surface area contributed by atoms with Gasteiger partial charge in [-0.25, -0.2) is 9.80 Å². The monoisotopic (exact) mass is 620 g/mol. The van der Waals surface area contributed by atoms with Crippen LogP contribution in [0.5, 0.6) is 23.0 Å². The van der Waals surface area contributed by atoms with Crippen LogP contribution in [-0.4, -0.2) is 23.6 Å². The zero-order valence-corrected chi connectivity index (χ0v) is 24.0. The Morgan fingerprint density at radius 2 is 0.773 bits per heavy atom. The summed E-state index contributed by atoms with van der Waals surface area (Å²) >= 11 is 11.9. The summed E-state index contributed by atoms with van der Waals surface area (Å²) in [6.07, 6.45) is 0. The molecule has 0 saturated carbocycles. The van der Waals surface area contributed by atoms with Crippen molar-refractivity contribution in [1.82, 2.24) is 0 Å². The second-order valence-corrected chi connectivity index (χ2v) is 10.8. The van der Waals surface area contributed by atoms with Gasteiger partial charge in [0.2, 0.25) is 0 Å². The number of carbonyl (C=O) groups is 4. The quantitative estimate of drug-likeness (QED) is 0.178. The molecule has 2 aliphatic heterocycles. The molecule has 0 bridgehead atoms. The van der Waals surface area contributed by atoms with Crippen molar-refractivity contribution in [3.8, 4) is 23.0 Å². The minimum atomic E-state index is -0.560. The molecule has 0 aliphatic carbocycles. The second-order valence-electron chi connectivity index (χ2n) is 9.94. The molecule has 5 aromatic rings. The van der Waals surface area contributed by atoms with Crippen molar-refractivity contribution in [2.45, 2.75) is 0 Å². The van der Waals surface area contributed by atoms with E-state index >= 15 is 0 Å². The lowest BCUT2D eigenvalue weighted by atomic mass is 10.1. The van der Waals surface area contributed by atoms with E-state index in [1.807, 2.05) is 0 Å². The summed E-state index contributed by atoms with van der Waals surface area (Å²) in [5.74, 6) is -0.426. The van der Waals surface area contributed by atoms with Crippen molar-refractivity contribution in [3.63, 3.8) is 0 Å². The number of amides is 4. The summed E-state index contributed by atoms with van der Waals surface area (Å²) in [6, 6.07) is 28.9. The zero-order chi connectivity index (χ0) is 30.5. The summed E-state index contributed by atoms with van der Waals surface area (Å²) in [6.45, 7) is 0. The SMILES string of the molecule is O=C1c2ccc(Oc3ccc(Cl)cc3)cc2C(=O)N1c1cccc(N2C(=O)c3ccc(Oc4ccc(Cl)cc4)cc3C2=O)c1. The molecule has 8 nitrogen and oxygen atoms in total. The first-order valence-electron chi connectivity index (χ1n) is 13.3. The van der Waals surface area contributed by atoms with E-state index in [0.717, 1.165) is 9.80 Å². The number of carbonyl (C=O) groups excluding carboxylic acids is 4. The zero-order valence-electron chi connectivity index (χ0n) is 22.5. The van der Waals surface area contributed by atoms with Gasteiger partial charge in [-0.3, -0.25) is 19.2 Å². The van der Waals surface area contributed by atoms with Crippen molar-refractivity contribution in [3.05, 3.63) is 141 Å². The first kappa shape index (κ1) is 27.4. The first-order chi connectivity index (χ1) is 21.3. The fraction of sp³-hybridized carbons (Fsp3) is 0. The normalized spacial score (nSPS) is 13.8. The Balaban J connectivity index is 1.14. The van der Waals surface area contributed by atoms with Gasteiger partial charge in [0.1, 0.15) is 23.0 Å². The molecule has 4 amide bonds. The number of hydrogen-bond acceptors (Lipinski definition) is 6. The van der Waals surface area contributed by atoms with Crippen molar-refractivity contribution in [2.75, 3.05) is 9.80 Å². The van der Waals surface area contributed by atoms with Gasteiger partial charge in [0, 0.05) is 10.0 Å². The summed E-state index contributed by atoms with van der Waals surface area (Å²) in [7, 11) is 0. The summed E-state index contributed by atoms with van der Waals surface area (Å²) in [4.78, 5) is 55.6. The maximum absolute atomic E-state index is 13.5. The molecule has 7 rings (SSSR count). The third-order valence-electron chi connectivity index (χ3n) is 7.16. The minimum Gasteiger partial charge on any atom is -0.457 e. The highest BCUT2D eigenvalue weighted by Crippen LogP contribution is 2.37. The van der Waals surface area contributed by atoms with Gasteiger partial charge in [-0.2, -0.15) is 0 Å². The molecule has 0 fully saturated rings. The van der Waals surface area contributed by atoms with Crippen LogP contribution in [0.2, 0.25) is 10.0 Å². The van der Waals surface area contributed by atoms with Crippen LogP contribution >= 0.6 is 23.2 Å². The standard InChI is InChI=1S/C34H18Cl2N2O6/c35-19-4-8-23(9-5-19)43-25-12-14-27-29(17-25)33(41)37(31(27)39)21-2-1-3-22(16-21)38-32(40)28-15-13-26(18-30(28)34(38)42)44-24-10-6-20(36)7-11-24/h1-18H. The molecule has 0 N–H and O–H groups in total. The van der Waals surface area contributed by atoms with E-state index in [2.05, 4.69) is 0 Å². The molecule has 0 atom stereocenters. The van der Waals surface area contributed by atoms with E-state index in [1.165, 1.54) is 30.3 Å². The Bertz CT molecular complexity index is 1880. The second kappa shape index (κ2) is 10.7. The van der Waals surface area contributed by atoms with E-state index in [1.54, 1.807) is 78.9 Å². The predicted octanol–water partition coefficient (Wildman–Crippen LogP) is 8.18. The lowest BCUT2D eigenvalue weighted by Gasteiger charge is -2.18. The number of anilines is 2. The number of rotatable bonds is 6. The molecule has 0 radical (unpaired) electrons. The Hall–Kier alpha value is -5.44. The fourth-order valence-corrected chi connectivity index (χ4v) is 5.34. The highest BCUT2D eigenvalue weighted by molar-refractivity contribution is 6.36. The van der Waals surface area contributed by atoms with Gasteiger partial charge in [0.15, 0.2) is 0 Å². The van der Waals surface area contributed by atoms with E-state index in [9.17, 15) is 19.2 Å². The maximum atomic E-state index is 13.5. The van der Waals surface area contributed by atoms with Crippen LogP contribution in [0.15, 0.2) is 109 Å². The maximum Gasteiger partial charge on any atom is 0.266 e. The van der Waals surface area contributed by atoms with Gasteiger partial charge >= 0.3 is 0 Å². The van der Waals surface area contributed by atoms with Crippen molar-refractivity contribution >= 4 is 58.2 Å². The largest absolute Gasteiger partial charge is 0.457 e. The molecule has 44 heavy (non-hydrogen) atoms. The molecular formula is C34H18Cl2N2O6. The smallest absolute Gasteiger partial charge is 0.266 e. The van der Waals surface area contributed by atoms with Crippen molar-refractivity contribution in [1.29, 1.82) is 0 Å². The number of benzene rings is 5. The third kappa shape index (κ3) is 4.76. The van der Waals surface area contributed by atoms with Crippen LogP contribution in [0.25, 0.3) is 0 Å². The van der Waals surface area contributed by atoms with Gasteiger partial charge in [-0.05, 0) is 103 Å². The van der Waals surface area contributed by atoms with Gasteiger partial charge in [-0.1, -0.05) is 29.3 Å². The van der Waals surface area contributed by atoms with Crippen LogP contribution in [-0.2, 0) is 0 Å². The van der Waals surface area contributed by atoms with E-state index in [4.69, 9.17) is 32.7 Å². The Morgan fingerprint density at radius 1 is 0.409 bits per heavy atom. The van der Waals surface area contributed by atoms with Crippen LogP contribution < -0.4 is 19.3 Å². The molecule has 0 spiro atoms. The molecule has 5 aromatic carbocycles. The number of nitrogens with zero attached hydrogens (tertiary/aromatic N) is 2. The fourth-order valence-electron chi connectivity index (χ4n) is 5.08. The molecule has 0 aromatic heterocycles. The summed E-state index contributed by atoms with van der Waals surface area (Å²) in [5.41, 5.74) is 1.16. The van der Waals surface area contributed by atoms with E-state index in [-0.39, 0.29) is 33.6 Å². The topological polar surface area (TPSA) is 93.2 Å². The van der Waals surface area contributed by atoms with Crippen molar-refractivity contribution in [2.24, 2.45) is 0 Å². The van der Waals surface area contributed by atoms with Crippen LogP contribution in [0.3, 0.4) is 0 Å². The van der Waals surface area contributed by atoms with Gasteiger partial charge in [-0.15, -0.1) is 0 Å². The van der Waals surface area contributed by atoms with Crippen LogP contribution in [0.1, 0.15) is 41.4 Å². The van der Waals surface area contributed by atoms with Gasteiger partial charge in [0.05, 0.1) is 33.6 Å². The average Bonchev–Trinajstić information content (AvgIpc) is 3.42. The Kier molecular flexibility index (Phi) is 6.65. The summed E-state index contributed by atoms with van der Waals surface area (Å²) in [5, 5.41) is 1.11. The van der Waals surface area contributed by atoms with Crippen LogP contribution in [0.4, 0.5) is 11.4 Å². The highest BCUT2D eigenvalue weighted by atomic mass is 35.5. The molecule has 0 unspecified atom stereocenters. The Morgan fingerprint density at radius 3 is 1.18 bits per heavy atom. The molecule has 2 aliphatic rings. The number of ether oxygens (including phenoxy) is 2. The molecule has 214 valence electrons. The van der Waals surface area contributed by atoms with E-state index in [0.29, 0.717) is 33.0 Å². The minimum absolute atomic E-state index is 0.167. The summed E-state index contributed by atoms with van der Waals surface area (Å²) < 4.78 is 11.7. The van der Waals surface area contributed by atoms with Gasteiger partial charge < -0.3 is 9.47 Å². The molecule has 2 heterocycles. The molecule has 0 saturated heterocycles. The third-order valence-corrected chi connectivity index (χ3v) is 7.66. The predicted molar refractivity (Wildman–Crippen MR) is 165 cm³/mol. The number of hydrogen-bond donors (Lipinski definition) is 0. The highest BCUT2D eigenvalue weighted by Gasteiger charge is 2.40. The Labute approximate surface area is 260 Å². The van der Waals surface area contributed by atoms with Crippen LogP contribution in [0, 0.1) is 0 Å². The van der Waals surface area contributed by atoms with Crippen molar-refractivity contribution < 1.29 is 28.7 Å². The molecule has 10 heteroatoms. The number of imide groups is 2. The van der Waals surface area contributed by atoms with Gasteiger partial charge in [0.25, 0.3) is 23.6 Å². The number of halogens is 2. The molecular weight excluding hydrogens is 603 g/mol. The lowest BCUT2D eigenvalue weighted by molar-refractivity contribution is 0.0912.